The molecular weight excluding hydrogens is 426 g/mol. The van der Waals surface area contributed by atoms with E-state index in [9.17, 15) is 5.11 Å². The molecule has 0 amide bonds. The van der Waals surface area contributed by atoms with Crippen LogP contribution in [0.15, 0.2) is 60.9 Å². The Labute approximate surface area is 189 Å². The second-order valence-electron chi connectivity index (χ2n) is 8.22. The largest absolute Gasteiger partial charge is 2.00 e. The topological polar surface area (TPSA) is 58.5 Å². The monoisotopic (exact) mass is 454 g/mol. The Morgan fingerprint density at radius 1 is 0.900 bits per heavy atom. The van der Waals surface area contributed by atoms with Gasteiger partial charge in [-0.2, -0.15) is 0 Å². The van der Waals surface area contributed by atoms with Crippen molar-refractivity contribution in [2.45, 2.75) is 45.8 Å². The van der Waals surface area contributed by atoms with E-state index >= 15 is 0 Å². The summed E-state index contributed by atoms with van der Waals surface area (Å²) in [6, 6.07) is 15.7. The third-order valence-corrected chi connectivity index (χ3v) is 4.82. The van der Waals surface area contributed by atoms with E-state index < -0.39 is 0 Å². The Balaban J connectivity index is 0.00000320. The maximum atomic E-state index is 11.0. The van der Waals surface area contributed by atoms with Gasteiger partial charge in [0.05, 0.1) is 18.5 Å². The van der Waals surface area contributed by atoms with Crippen molar-refractivity contribution in [1.82, 2.24) is 14.9 Å². The maximum Gasteiger partial charge on any atom is 2.00 e. The fourth-order valence-electron chi connectivity index (χ4n) is 3.33. The number of hydrogen-bond acceptors (Lipinski definition) is 5. The molecule has 0 saturated carbocycles. The molecular formula is C24H29CuN3O2+2. The van der Waals surface area contributed by atoms with Crippen LogP contribution >= 0.6 is 0 Å². The minimum Gasteiger partial charge on any atom is -0.507 e. The molecule has 30 heavy (non-hydrogen) atoms. The van der Waals surface area contributed by atoms with Crippen molar-refractivity contribution in [3.8, 4) is 11.5 Å². The van der Waals surface area contributed by atoms with Crippen molar-refractivity contribution in [1.29, 1.82) is 0 Å². The molecule has 1 aromatic carbocycles. The first-order chi connectivity index (χ1) is 13.9. The summed E-state index contributed by atoms with van der Waals surface area (Å²) in [6.07, 6.45) is 3.60. The van der Waals surface area contributed by atoms with E-state index in [0.717, 1.165) is 28.3 Å². The van der Waals surface area contributed by atoms with Crippen LogP contribution in [0.1, 0.15) is 43.3 Å². The molecule has 5 nitrogen and oxygen atoms in total. The van der Waals surface area contributed by atoms with Gasteiger partial charge in [-0.05, 0) is 41.8 Å². The van der Waals surface area contributed by atoms with Crippen LogP contribution in [0.4, 0.5) is 0 Å². The second kappa shape index (κ2) is 10.6. The number of rotatable bonds is 7. The van der Waals surface area contributed by atoms with Crippen LogP contribution in [0.3, 0.4) is 0 Å². The second-order valence-corrected chi connectivity index (χ2v) is 8.22. The first-order valence-electron chi connectivity index (χ1n) is 9.79. The molecule has 0 fully saturated rings. The average molecular weight is 455 g/mol. The summed E-state index contributed by atoms with van der Waals surface area (Å²) in [5, 5.41) is 11.0. The Bertz CT molecular complexity index is 887. The van der Waals surface area contributed by atoms with Gasteiger partial charge in [-0.15, -0.1) is 0 Å². The van der Waals surface area contributed by atoms with Crippen LogP contribution < -0.4 is 4.74 Å². The van der Waals surface area contributed by atoms with E-state index in [2.05, 4.69) is 35.6 Å². The third kappa shape index (κ3) is 6.30. The Morgan fingerprint density at radius 3 is 1.90 bits per heavy atom. The summed E-state index contributed by atoms with van der Waals surface area (Å²) in [5.74, 6) is 1.07. The Kier molecular flexibility index (Phi) is 8.42. The SMILES string of the molecule is COc1cc(CN(Cc2ccccn2)Cc2ccccn2)c(O)c(C(C)(C)C)c1.[Cu+2]. The molecule has 3 rings (SSSR count). The Hall–Kier alpha value is -2.40. The van der Waals surface area contributed by atoms with Crippen LogP contribution in [-0.2, 0) is 42.1 Å². The summed E-state index contributed by atoms with van der Waals surface area (Å²) < 4.78 is 5.51. The van der Waals surface area contributed by atoms with Gasteiger partial charge in [-0.25, -0.2) is 0 Å². The predicted octanol–water partition coefficient (Wildman–Crippen LogP) is 4.69. The van der Waals surface area contributed by atoms with E-state index in [1.165, 1.54) is 0 Å². The molecule has 2 heterocycles. The van der Waals surface area contributed by atoms with Crippen LogP contribution in [0.25, 0.3) is 0 Å². The number of ether oxygens (including phenoxy) is 1. The van der Waals surface area contributed by atoms with Crippen LogP contribution in [0.5, 0.6) is 11.5 Å². The zero-order valence-electron chi connectivity index (χ0n) is 17.9. The zero-order chi connectivity index (χ0) is 20.9. The van der Waals surface area contributed by atoms with Gasteiger partial charge >= 0.3 is 17.1 Å². The average Bonchev–Trinajstić information content (AvgIpc) is 2.70. The van der Waals surface area contributed by atoms with E-state index in [1.54, 1.807) is 19.5 Å². The fraction of sp³-hybridized carbons (Fsp3) is 0.333. The number of aromatic hydroxyl groups is 1. The van der Waals surface area contributed by atoms with Crippen molar-refractivity contribution < 1.29 is 26.9 Å². The van der Waals surface area contributed by atoms with Crippen molar-refractivity contribution in [3.05, 3.63) is 83.4 Å². The molecule has 0 bridgehead atoms. The van der Waals surface area contributed by atoms with Gasteiger partial charge in [-0.1, -0.05) is 32.9 Å². The van der Waals surface area contributed by atoms with Crippen molar-refractivity contribution in [2.24, 2.45) is 0 Å². The van der Waals surface area contributed by atoms with Gasteiger partial charge < -0.3 is 9.84 Å². The molecule has 0 aliphatic heterocycles. The smallest absolute Gasteiger partial charge is 0.507 e. The van der Waals surface area contributed by atoms with Crippen molar-refractivity contribution in [2.75, 3.05) is 7.11 Å². The molecule has 2 aromatic heterocycles. The fourth-order valence-corrected chi connectivity index (χ4v) is 3.33. The zero-order valence-corrected chi connectivity index (χ0v) is 18.8. The van der Waals surface area contributed by atoms with Crippen LogP contribution in [0.2, 0.25) is 0 Å². The molecule has 1 radical (unpaired) electrons. The van der Waals surface area contributed by atoms with Crippen LogP contribution in [0, 0.1) is 0 Å². The number of phenolic OH excluding ortho intramolecular Hbond substituents is 1. The predicted molar refractivity (Wildman–Crippen MR) is 115 cm³/mol. The molecule has 0 aliphatic carbocycles. The van der Waals surface area contributed by atoms with E-state index in [0.29, 0.717) is 25.4 Å². The summed E-state index contributed by atoms with van der Waals surface area (Å²) in [7, 11) is 1.65. The molecule has 1 N–H and O–H groups in total. The molecule has 0 spiro atoms. The quantitative estimate of drug-likeness (QED) is 0.525. The molecule has 6 heteroatoms. The van der Waals surface area contributed by atoms with E-state index in [-0.39, 0.29) is 22.5 Å². The minimum absolute atomic E-state index is 0. The van der Waals surface area contributed by atoms with E-state index in [1.807, 2.05) is 48.5 Å². The van der Waals surface area contributed by atoms with Crippen LogP contribution in [-0.4, -0.2) is 27.1 Å². The molecule has 3 aromatic rings. The summed E-state index contributed by atoms with van der Waals surface area (Å²) in [5.41, 5.74) is 3.47. The van der Waals surface area contributed by atoms with Gasteiger partial charge in [0.25, 0.3) is 0 Å². The van der Waals surface area contributed by atoms with Crippen molar-refractivity contribution >= 4 is 0 Å². The number of aromatic nitrogens is 2. The molecule has 0 aliphatic rings. The Morgan fingerprint density at radius 2 is 1.47 bits per heavy atom. The number of pyridine rings is 2. The molecule has 161 valence electrons. The van der Waals surface area contributed by atoms with Crippen molar-refractivity contribution in [3.63, 3.8) is 0 Å². The number of nitrogens with zero attached hydrogens (tertiary/aromatic N) is 3. The summed E-state index contributed by atoms with van der Waals surface area (Å²) >= 11 is 0. The van der Waals surface area contributed by atoms with E-state index in [4.69, 9.17) is 4.74 Å². The number of phenols is 1. The van der Waals surface area contributed by atoms with Gasteiger partial charge in [0.15, 0.2) is 0 Å². The summed E-state index contributed by atoms with van der Waals surface area (Å²) in [6.45, 7) is 8.12. The van der Waals surface area contributed by atoms with Gasteiger partial charge in [0.1, 0.15) is 11.5 Å². The van der Waals surface area contributed by atoms with Gasteiger partial charge in [0, 0.05) is 43.2 Å². The number of benzene rings is 1. The number of hydrogen-bond donors (Lipinski definition) is 1. The molecule has 0 saturated heterocycles. The number of methoxy groups -OCH3 is 1. The first-order valence-corrected chi connectivity index (χ1v) is 9.79. The maximum absolute atomic E-state index is 11.0. The normalized spacial score (nSPS) is 11.2. The minimum atomic E-state index is -0.194. The summed E-state index contributed by atoms with van der Waals surface area (Å²) in [4.78, 5) is 11.2. The van der Waals surface area contributed by atoms with Gasteiger partial charge in [-0.3, -0.25) is 14.9 Å². The van der Waals surface area contributed by atoms with Gasteiger partial charge in [0.2, 0.25) is 0 Å². The third-order valence-electron chi connectivity index (χ3n) is 4.82. The molecule has 0 atom stereocenters. The standard InChI is InChI=1S/C24H29N3O2.Cu/c1-24(2,3)22-14-21(29-4)13-18(23(22)28)15-27(16-19-9-5-7-11-25-19)17-20-10-6-8-12-26-20;/h5-14,28H,15-17H2,1-4H3;/q;+2. The first kappa shape index (κ1) is 23.9. The molecule has 0 unspecified atom stereocenters.